The van der Waals surface area contributed by atoms with Crippen LogP contribution < -0.4 is 5.32 Å². The van der Waals surface area contributed by atoms with Crippen molar-refractivity contribution in [2.24, 2.45) is 17.8 Å². The minimum Gasteiger partial charge on any atom is -0.326 e. The second kappa shape index (κ2) is 6.25. The molecule has 19 heavy (non-hydrogen) atoms. The van der Waals surface area contributed by atoms with Gasteiger partial charge in [0.05, 0.1) is 12.2 Å². The van der Waals surface area contributed by atoms with Crippen LogP contribution in [0.1, 0.15) is 59.8 Å². The molecule has 4 atom stereocenters. The normalized spacial score (nSPS) is 36.3. The summed E-state index contributed by atoms with van der Waals surface area (Å²) in [6.07, 6.45) is 6.62. The molecule has 1 N–H and O–H groups in total. The molecular weight excluding hydrogens is 236 g/mol. The number of nitrogens with zero attached hydrogens (tertiary/aromatic N) is 1. The second-order valence-electron chi connectivity index (χ2n) is 6.82. The summed E-state index contributed by atoms with van der Waals surface area (Å²) >= 11 is 0. The lowest BCUT2D eigenvalue weighted by Crippen LogP contribution is -2.41. The van der Waals surface area contributed by atoms with Crippen molar-refractivity contribution in [1.82, 2.24) is 10.2 Å². The van der Waals surface area contributed by atoms with Gasteiger partial charge in [-0.25, -0.2) is 0 Å². The minimum atomic E-state index is 0.0313. The Kier molecular flexibility index (Phi) is 4.88. The number of nitrogens with one attached hydrogen (secondary N) is 1. The van der Waals surface area contributed by atoms with E-state index in [-0.39, 0.29) is 12.2 Å². The average molecular weight is 266 g/mol. The summed E-state index contributed by atoms with van der Waals surface area (Å²) in [6, 6.07) is 0.0313. The standard InChI is InChI=1S/C16H30N2O/c1-5-14-17-15(11(2)3)16(19)18(14)10-13-9-7-6-8-12(13)4/h11-15,17H,5-10H2,1-4H3. The van der Waals surface area contributed by atoms with Gasteiger partial charge in [-0.3, -0.25) is 10.1 Å². The first-order valence-corrected chi connectivity index (χ1v) is 8.11. The number of carbonyl (C=O) groups excluding carboxylic acids is 1. The third-order valence-corrected chi connectivity index (χ3v) is 5.07. The van der Waals surface area contributed by atoms with E-state index in [4.69, 9.17) is 0 Å². The molecule has 4 unspecified atom stereocenters. The summed E-state index contributed by atoms with van der Waals surface area (Å²) in [7, 11) is 0. The van der Waals surface area contributed by atoms with Crippen LogP contribution in [-0.2, 0) is 4.79 Å². The molecule has 3 heteroatoms. The zero-order valence-electron chi connectivity index (χ0n) is 13.0. The van der Waals surface area contributed by atoms with Crippen LogP contribution in [0.15, 0.2) is 0 Å². The number of rotatable bonds is 4. The van der Waals surface area contributed by atoms with Gasteiger partial charge in [0.25, 0.3) is 0 Å². The molecule has 2 aliphatic rings. The van der Waals surface area contributed by atoms with Crippen molar-refractivity contribution in [3.63, 3.8) is 0 Å². The smallest absolute Gasteiger partial charge is 0.241 e. The van der Waals surface area contributed by atoms with Crippen LogP contribution >= 0.6 is 0 Å². The Balaban J connectivity index is 2.02. The quantitative estimate of drug-likeness (QED) is 0.848. The number of hydrogen-bond acceptors (Lipinski definition) is 2. The third kappa shape index (κ3) is 3.13. The first kappa shape index (κ1) is 14.8. The van der Waals surface area contributed by atoms with E-state index in [0.29, 0.717) is 17.7 Å². The highest BCUT2D eigenvalue weighted by molar-refractivity contribution is 5.84. The van der Waals surface area contributed by atoms with Crippen molar-refractivity contribution in [2.75, 3.05) is 6.54 Å². The molecule has 0 aromatic heterocycles. The van der Waals surface area contributed by atoms with Gasteiger partial charge < -0.3 is 4.90 Å². The molecule has 2 rings (SSSR count). The van der Waals surface area contributed by atoms with Gasteiger partial charge in [0.1, 0.15) is 0 Å². The molecular formula is C16H30N2O. The predicted molar refractivity (Wildman–Crippen MR) is 78.7 cm³/mol. The third-order valence-electron chi connectivity index (χ3n) is 5.07. The van der Waals surface area contributed by atoms with Gasteiger partial charge in [-0.05, 0) is 30.6 Å². The van der Waals surface area contributed by atoms with E-state index in [9.17, 15) is 4.79 Å². The zero-order valence-corrected chi connectivity index (χ0v) is 13.0. The van der Waals surface area contributed by atoms with Gasteiger partial charge in [-0.2, -0.15) is 0 Å². The molecule has 2 fully saturated rings. The molecule has 0 spiro atoms. The van der Waals surface area contributed by atoms with Crippen molar-refractivity contribution in [2.45, 2.75) is 72.0 Å². The predicted octanol–water partition coefficient (Wildman–Crippen LogP) is 3.01. The first-order valence-electron chi connectivity index (χ1n) is 8.11. The zero-order chi connectivity index (χ0) is 14.0. The van der Waals surface area contributed by atoms with Crippen LogP contribution in [0.2, 0.25) is 0 Å². The molecule has 1 heterocycles. The van der Waals surface area contributed by atoms with Crippen LogP contribution in [0.4, 0.5) is 0 Å². The maximum atomic E-state index is 12.6. The molecule has 0 bridgehead atoms. The molecule has 1 aliphatic carbocycles. The van der Waals surface area contributed by atoms with Gasteiger partial charge in [0, 0.05) is 6.54 Å². The van der Waals surface area contributed by atoms with E-state index in [0.717, 1.165) is 18.9 Å². The Bertz CT molecular complexity index is 316. The minimum absolute atomic E-state index is 0.0313. The number of hydrogen-bond donors (Lipinski definition) is 1. The van der Waals surface area contributed by atoms with Crippen LogP contribution in [0.5, 0.6) is 0 Å². The number of amides is 1. The SMILES string of the molecule is CCC1NC(C(C)C)C(=O)N1CC1CCCCC1C. The summed E-state index contributed by atoms with van der Waals surface area (Å²) in [4.78, 5) is 14.7. The summed E-state index contributed by atoms with van der Waals surface area (Å²) in [6.45, 7) is 9.77. The fraction of sp³-hybridized carbons (Fsp3) is 0.938. The Labute approximate surface area is 118 Å². The molecule has 1 amide bonds. The highest BCUT2D eigenvalue weighted by atomic mass is 16.2. The maximum absolute atomic E-state index is 12.6. The van der Waals surface area contributed by atoms with Crippen molar-refractivity contribution >= 4 is 5.91 Å². The molecule has 110 valence electrons. The maximum Gasteiger partial charge on any atom is 0.241 e. The average Bonchev–Trinajstić information content (AvgIpc) is 2.69. The molecule has 0 aromatic carbocycles. The van der Waals surface area contributed by atoms with Crippen molar-refractivity contribution in [3.05, 3.63) is 0 Å². The van der Waals surface area contributed by atoms with E-state index in [2.05, 4.69) is 37.9 Å². The Morgan fingerprint density at radius 3 is 2.58 bits per heavy atom. The van der Waals surface area contributed by atoms with Crippen molar-refractivity contribution < 1.29 is 4.79 Å². The molecule has 0 aromatic rings. The Hall–Kier alpha value is -0.570. The molecule has 3 nitrogen and oxygen atoms in total. The van der Waals surface area contributed by atoms with Crippen molar-refractivity contribution in [3.8, 4) is 0 Å². The van der Waals surface area contributed by atoms with E-state index in [1.54, 1.807) is 0 Å². The van der Waals surface area contributed by atoms with Crippen LogP contribution in [0.25, 0.3) is 0 Å². The number of carbonyl (C=O) groups is 1. The second-order valence-corrected chi connectivity index (χ2v) is 6.82. The monoisotopic (exact) mass is 266 g/mol. The lowest BCUT2D eigenvalue weighted by atomic mass is 9.80. The largest absolute Gasteiger partial charge is 0.326 e. The first-order chi connectivity index (χ1) is 9.04. The Morgan fingerprint density at radius 1 is 1.32 bits per heavy atom. The summed E-state index contributed by atoms with van der Waals surface area (Å²) in [5.41, 5.74) is 0. The topological polar surface area (TPSA) is 32.3 Å². The molecule has 0 radical (unpaired) electrons. The molecule has 1 saturated carbocycles. The summed E-state index contributed by atoms with van der Waals surface area (Å²) in [5.74, 6) is 2.20. The Morgan fingerprint density at radius 2 is 2.00 bits per heavy atom. The van der Waals surface area contributed by atoms with Gasteiger partial charge in [0.2, 0.25) is 5.91 Å². The highest BCUT2D eigenvalue weighted by Gasteiger charge is 2.40. The van der Waals surface area contributed by atoms with E-state index < -0.39 is 0 Å². The van der Waals surface area contributed by atoms with E-state index >= 15 is 0 Å². The van der Waals surface area contributed by atoms with Crippen LogP contribution in [0, 0.1) is 17.8 Å². The molecule has 1 saturated heterocycles. The van der Waals surface area contributed by atoms with Crippen LogP contribution in [-0.4, -0.2) is 29.6 Å². The van der Waals surface area contributed by atoms with Crippen LogP contribution in [0.3, 0.4) is 0 Å². The fourth-order valence-corrected chi connectivity index (χ4v) is 3.65. The van der Waals surface area contributed by atoms with E-state index in [1.165, 1.54) is 25.7 Å². The lowest BCUT2D eigenvalue weighted by Gasteiger charge is -2.34. The van der Waals surface area contributed by atoms with Gasteiger partial charge in [0.15, 0.2) is 0 Å². The van der Waals surface area contributed by atoms with E-state index in [1.807, 2.05) is 0 Å². The summed E-state index contributed by atoms with van der Waals surface area (Å²) < 4.78 is 0. The fourth-order valence-electron chi connectivity index (χ4n) is 3.65. The molecule has 1 aliphatic heterocycles. The lowest BCUT2D eigenvalue weighted by molar-refractivity contribution is -0.131. The van der Waals surface area contributed by atoms with Gasteiger partial charge in [-0.15, -0.1) is 0 Å². The summed E-state index contributed by atoms with van der Waals surface area (Å²) in [5, 5.41) is 3.52. The van der Waals surface area contributed by atoms with Gasteiger partial charge >= 0.3 is 0 Å². The van der Waals surface area contributed by atoms with Gasteiger partial charge in [-0.1, -0.05) is 47.0 Å². The highest BCUT2D eigenvalue weighted by Crippen LogP contribution is 2.32. The van der Waals surface area contributed by atoms with Crippen molar-refractivity contribution in [1.29, 1.82) is 0 Å².